The third-order valence-corrected chi connectivity index (χ3v) is 12.3. The van der Waals surface area contributed by atoms with Crippen molar-refractivity contribution in [3.8, 4) is 28.7 Å². The zero-order chi connectivity index (χ0) is 49.7. The van der Waals surface area contributed by atoms with Crippen LogP contribution in [0.4, 0.5) is 11.4 Å². The fourth-order valence-corrected chi connectivity index (χ4v) is 7.72. The van der Waals surface area contributed by atoms with Gasteiger partial charge < -0.3 is 33.5 Å². The zero-order valence-electron chi connectivity index (χ0n) is 44.1. The molecule has 10 nitrogen and oxygen atoms in total. The van der Waals surface area contributed by atoms with Crippen LogP contribution in [0.1, 0.15) is 219 Å². The summed E-state index contributed by atoms with van der Waals surface area (Å²) in [4.78, 5) is 23.0. The first kappa shape index (κ1) is 58.7. The van der Waals surface area contributed by atoms with E-state index in [1.54, 1.807) is 0 Å². The van der Waals surface area contributed by atoms with Crippen LogP contribution in [0.3, 0.4) is 0 Å². The molecule has 0 aliphatic heterocycles. The van der Waals surface area contributed by atoms with E-state index in [1.807, 2.05) is 74.8 Å². The number of rotatable bonds is 41. The summed E-state index contributed by atoms with van der Waals surface area (Å²) in [5.41, 5.74) is 3.90. The number of carbonyl (C=O) groups excluding carboxylic acids is 1. The summed E-state index contributed by atoms with van der Waals surface area (Å²) in [6, 6.07) is 15.8. The highest BCUT2D eigenvalue weighted by Gasteiger charge is 2.27. The predicted octanol–water partition coefficient (Wildman–Crippen LogP) is 16.4. The van der Waals surface area contributed by atoms with Crippen LogP contribution in [0, 0.1) is 5.92 Å². The van der Waals surface area contributed by atoms with E-state index >= 15 is 0 Å². The lowest BCUT2D eigenvalue weighted by molar-refractivity contribution is -0.154. The minimum Gasteiger partial charge on any atom is -0.490 e. The van der Waals surface area contributed by atoms with Gasteiger partial charge in [-0.05, 0) is 93.8 Å². The van der Waals surface area contributed by atoms with Crippen LogP contribution in [0.25, 0.3) is 0 Å². The highest BCUT2D eigenvalue weighted by Crippen LogP contribution is 2.43. The van der Waals surface area contributed by atoms with E-state index in [4.69, 9.17) is 38.4 Å². The van der Waals surface area contributed by atoms with Gasteiger partial charge in [0, 0.05) is 35.7 Å². The van der Waals surface area contributed by atoms with Crippen LogP contribution in [0.5, 0.6) is 28.7 Å². The Labute approximate surface area is 418 Å². The van der Waals surface area contributed by atoms with Gasteiger partial charge in [0.25, 0.3) is 0 Å². The minimum absolute atomic E-state index is 0.00809. The molecule has 0 saturated carbocycles. The van der Waals surface area contributed by atoms with Crippen molar-refractivity contribution in [3.05, 3.63) is 65.2 Å². The second-order valence-corrected chi connectivity index (χ2v) is 18.4. The molecule has 0 aromatic heterocycles. The molecule has 2 unspecified atom stereocenters. The Morgan fingerprint density at radius 2 is 0.899 bits per heavy atom. The lowest BCUT2D eigenvalue weighted by Crippen LogP contribution is -2.19. The number of aliphatic imine (C=N–C) groups is 2. The summed E-state index contributed by atoms with van der Waals surface area (Å²) in [5.74, 6) is 2.75. The fraction of sp³-hybridized carbons (Fsp3) is 0.644. The Kier molecular flexibility index (Phi) is 31.7. The summed E-state index contributed by atoms with van der Waals surface area (Å²) in [5, 5.41) is 9.84. The van der Waals surface area contributed by atoms with Crippen molar-refractivity contribution in [1.82, 2.24) is 0 Å². The molecule has 10 heteroatoms. The largest absolute Gasteiger partial charge is 0.490 e. The molecule has 3 aromatic carbocycles. The van der Waals surface area contributed by atoms with Crippen molar-refractivity contribution in [2.24, 2.45) is 15.9 Å². The molecule has 0 saturated heterocycles. The van der Waals surface area contributed by atoms with Gasteiger partial charge in [0.15, 0.2) is 23.0 Å². The number of carbonyl (C=O) groups is 1. The molecule has 0 spiro atoms. The molecule has 386 valence electrons. The molecule has 0 aliphatic rings. The summed E-state index contributed by atoms with van der Waals surface area (Å²) in [6.45, 7) is 17.8. The van der Waals surface area contributed by atoms with Gasteiger partial charge in [0.2, 0.25) is 5.75 Å². The number of nitrogens with zero attached hydrogens (tertiary/aromatic N) is 2. The maximum Gasteiger partial charge on any atom is 0.309 e. The van der Waals surface area contributed by atoms with Crippen molar-refractivity contribution in [2.45, 2.75) is 202 Å². The minimum atomic E-state index is -0.597. The molecule has 3 aromatic rings. The normalized spacial score (nSPS) is 12.4. The molecule has 0 aliphatic carbocycles. The summed E-state index contributed by atoms with van der Waals surface area (Å²) < 4.78 is 38.9. The number of hydrogen-bond acceptors (Lipinski definition) is 10. The molecule has 0 heterocycles. The van der Waals surface area contributed by atoms with E-state index in [2.05, 4.69) is 34.6 Å². The molecule has 0 bridgehead atoms. The smallest absolute Gasteiger partial charge is 0.309 e. The molecular formula is C59H92N2O8. The molecular weight excluding hydrogens is 865 g/mol. The van der Waals surface area contributed by atoms with Crippen molar-refractivity contribution in [1.29, 1.82) is 0 Å². The Morgan fingerprint density at radius 1 is 0.493 bits per heavy atom. The van der Waals surface area contributed by atoms with Gasteiger partial charge in [-0.2, -0.15) is 0 Å². The van der Waals surface area contributed by atoms with Gasteiger partial charge in [-0.3, -0.25) is 14.8 Å². The number of unbranched alkanes of at least 4 members (excludes halogenated alkanes) is 15. The van der Waals surface area contributed by atoms with E-state index in [0.717, 1.165) is 130 Å². The Hall–Kier alpha value is -4.57. The second-order valence-electron chi connectivity index (χ2n) is 18.4. The first-order valence-corrected chi connectivity index (χ1v) is 27.3. The van der Waals surface area contributed by atoms with E-state index in [0.29, 0.717) is 75.3 Å². The van der Waals surface area contributed by atoms with Gasteiger partial charge >= 0.3 is 5.97 Å². The molecule has 0 amide bonds. The molecule has 69 heavy (non-hydrogen) atoms. The van der Waals surface area contributed by atoms with Crippen molar-refractivity contribution >= 4 is 29.8 Å². The second kappa shape index (κ2) is 37.3. The average molecular weight is 957 g/mol. The van der Waals surface area contributed by atoms with E-state index in [9.17, 15) is 9.90 Å². The van der Waals surface area contributed by atoms with Crippen molar-refractivity contribution in [3.63, 3.8) is 0 Å². The Morgan fingerprint density at radius 3 is 1.33 bits per heavy atom. The summed E-state index contributed by atoms with van der Waals surface area (Å²) in [7, 11) is 0. The monoisotopic (exact) mass is 957 g/mol. The van der Waals surface area contributed by atoms with E-state index in [-0.39, 0.29) is 18.5 Å². The van der Waals surface area contributed by atoms with Crippen molar-refractivity contribution < 1.29 is 38.3 Å². The van der Waals surface area contributed by atoms with Crippen LogP contribution < -0.4 is 23.7 Å². The standard InChI is InChI=1S/C59H92N2O8/c1-8-14-19-24-40-64-54-38-32-49(56(66-42-26-21-16-10-3)58(54)68-44-28-23-18-12-5)46-61-51-35-33-50(34-36-51)60-45-48-31-37-52(53(30-29-39-62)69-59(63)47(7)13-6)57(67-43-27-22-17-11-4)55(48)65-41-25-20-15-9-2/h31-38,45-47,53,62H,8-30,39-44H2,1-7H3. The van der Waals surface area contributed by atoms with Crippen LogP contribution in [0.15, 0.2) is 58.5 Å². The van der Waals surface area contributed by atoms with E-state index in [1.165, 1.54) is 32.1 Å². The Bertz CT molecular complexity index is 1860. The molecule has 3 rings (SSSR count). The van der Waals surface area contributed by atoms with E-state index < -0.39 is 6.10 Å². The first-order chi connectivity index (χ1) is 33.8. The average Bonchev–Trinajstić information content (AvgIpc) is 3.36. The first-order valence-electron chi connectivity index (χ1n) is 27.3. The lowest BCUT2D eigenvalue weighted by Gasteiger charge is -2.25. The topological polar surface area (TPSA) is 117 Å². The third-order valence-electron chi connectivity index (χ3n) is 12.3. The lowest BCUT2D eigenvalue weighted by atomic mass is 10.00. The molecule has 1 N–H and O–H groups in total. The van der Waals surface area contributed by atoms with Crippen LogP contribution in [-0.4, -0.2) is 63.1 Å². The van der Waals surface area contributed by atoms with Gasteiger partial charge in [0.1, 0.15) is 6.10 Å². The summed E-state index contributed by atoms with van der Waals surface area (Å²) >= 11 is 0. The number of esters is 1. The number of hydrogen-bond donors (Lipinski definition) is 1. The SMILES string of the molecule is CCCCCCOc1ccc(C=Nc2ccc(N=Cc3ccc(C(CCCO)OC(=O)C(C)CC)c(OCCCCCC)c3OCCCCCC)cc2)c(OCCCCCC)c1OCCCCCC. The van der Waals surface area contributed by atoms with Gasteiger partial charge in [-0.25, -0.2) is 0 Å². The van der Waals surface area contributed by atoms with Crippen molar-refractivity contribution in [2.75, 3.05) is 39.6 Å². The Balaban J connectivity index is 2.01. The highest BCUT2D eigenvalue weighted by atomic mass is 16.6. The molecule has 0 fully saturated rings. The van der Waals surface area contributed by atoms with Gasteiger partial charge in [-0.15, -0.1) is 0 Å². The highest BCUT2D eigenvalue weighted by molar-refractivity contribution is 5.89. The van der Waals surface area contributed by atoms with Crippen LogP contribution in [-0.2, 0) is 9.53 Å². The van der Waals surface area contributed by atoms with Crippen LogP contribution >= 0.6 is 0 Å². The summed E-state index contributed by atoms with van der Waals surface area (Å²) in [6.07, 6.45) is 26.5. The number of benzene rings is 3. The number of aliphatic hydroxyl groups is 1. The van der Waals surface area contributed by atoms with Gasteiger partial charge in [-0.1, -0.05) is 151 Å². The fourth-order valence-electron chi connectivity index (χ4n) is 7.72. The molecule has 2 atom stereocenters. The number of aliphatic hydroxyl groups excluding tert-OH is 1. The zero-order valence-corrected chi connectivity index (χ0v) is 44.1. The predicted molar refractivity (Wildman–Crippen MR) is 287 cm³/mol. The van der Waals surface area contributed by atoms with Crippen LogP contribution in [0.2, 0.25) is 0 Å². The number of ether oxygens (including phenoxy) is 6. The maximum absolute atomic E-state index is 13.2. The third kappa shape index (κ3) is 22.8. The maximum atomic E-state index is 13.2. The quantitative estimate of drug-likeness (QED) is 0.0339. The van der Waals surface area contributed by atoms with Gasteiger partial charge in [0.05, 0.1) is 50.3 Å². The molecule has 0 radical (unpaired) electrons.